The Balaban J connectivity index is 1.74. The summed E-state index contributed by atoms with van der Waals surface area (Å²) in [4.78, 5) is 20.5. The Labute approximate surface area is 176 Å². The molecule has 0 saturated carbocycles. The molecule has 6 nitrogen and oxygen atoms in total. The molecule has 2 rings (SSSR count). The van der Waals surface area contributed by atoms with E-state index in [1.165, 1.54) is 0 Å². The first-order valence-corrected chi connectivity index (χ1v) is 9.87. The zero-order valence-electron chi connectivity index (χ0n) is 17.2. The Morgan fingerprint density at radius 3 is 2.79 bits per heavy atom. The molecule has 1 N–H and O–H groups in total. The van der Waals surface area contributed by atoms with Crippen molar-refractivity contribution in [1.82, 2.24) is 9.55 Å². The van der Waals surface area contributed by atoms with Gasteiger partial charge in [-0.1, -0.05) is 48.0 Å². The van der Waals surface area contributed by atoms with Crippen LogP contribution in [0.4, 0.5) is 0 Å². The maximum Gasteiger partial charge on any atom is 0.352 e. The number of esters is 1. The lowest BCUT2D eigenvalue weighted by atomic mass is 10.1. The van der Waals surface area contributed by atoms with Crippen molar-refractivity contribution in [3.05, 3.63) is 64.8 Å². The van der Waals surface area contributed by atoms with Gasteiger partial charge in [0.2, 0.25) is 0 Å². The maximum atomic E-state index is 12.0. The van der Waals surface area contributed by atoms with E-state index in [1.54, 1.807) is 6.33 Å². The smallest absolute Gasteiger partial charge is 0.352 e. The molecular formula is C22H27ClN4O2. The Bertz CT molecular complexity index is 931. The molecule has 0 radical (unpaired) electrons. The van der Waals surface area contributed by atoms with Gasteiger partial charge < -0.3 is 9.30 Å². The number of nitrogens with zero attached hydrogens (tertiary/aromatic N) is 3. The number of ether oxygens (including phenoxy) is 1. The van der Waals surface area contributed by atoms with Gasteiger partial charge in [0.1, 0.15) is 16.6 Å². The summed E-state index contributed by atoms with van der Waals surface area (Å²) >= 11 is 5.73. The SMILES string of the molecule is C=C(Cl)N=C(C)c1ncn(CCCCOC(=O)C(=N)Cc2cccc(C)c2)c1C. The highest BCUT2D eigenvalue weighted by molar-refractivity contribution is 6.35. The third kappa shape index (κ3) is 6.98. The molecule has 0 aliphatic carbocycles. The average molecular weight is 415 g/mol. The van der Waals surface area contributed by atoms with Gasteiger partial charge in [0.15, 0.2) is 0 Å². The van der Waals surface area contributed by atoms with Crippen molar-refractivity contribution in [3.63, 3.8) is 0 Å². The zero-order chi connectivity index (χ0) is 21.4. The Morgan fingerprint density at radius 2 is 2.10 bits per heavy atom. The van der Waals surface area contributed by atoms with Gasteiger partial charge in [-0.3, -0.25) is 5.41 Å². The number of rotatable bonds is 10. The Morgan fingerprint density at radius 1 is 1.34 bits per heavy atom. The second-order valence-electron chi connectivity index (χ2n) is 6.93. The van der Waals surface area contributed by atoms with Crippen molar-refractivity contribution >= 4 is 29.0 Å². The second-order valence-corrected chi connectivity index (χ2v) is 7.37. The van der Waals surface area contributed by atoms with E-state index in [1.807, 2.05) is 49.6 Å². The van der Waals surface area contributed by atoms with Gasteiger partial charge in [-0.2, -0.15) is 0 Å². The molecule has 0 spiro atoms. The third-order valence-corrected chi connectivity index (χ3v) is 4.55. The fraction of sp³-hybridized carbons (Fsp3) is 0.364. The number of imidazole rings is 1. The van der Waals surface area contributed by atoms with E-state index in [4.69, 9.17) is 21.7 Å². The normalized spacial score (nSPS) is 11.4. The van der Waals surface area contributed by atoms with Gasteiger partial charge in [0.05, 0.1) is 18.6 Å². The van der Waals surface area contributed by atoms with Crippen molar-refractivity contribution in [2.75, 3.05) is 6.61 Å². The average Bonchev–Trinajstić information content (AvgIpc) is 3.01. The van der Waals surface area contributed by atoms with Crippen molar-refractivity contribution in [3.8, 4) is 0 Å². The summed E-state index contributed by atoms with van der Waals surface area (Å²) in [6.07, 6.45) is 3.59. The molecule has 0 fully saturated rings. The number of unbranched alkanes of at least 4 members (excludes halogenated alkanes) is 1. The number of hydrogen-bond donors (Lipinski definition) is 1. The molecule has 1 aromatic heterocycles. The van der Waals surface area contributed by atoms with Crippen LogP contribution in [-0.4, -0.2) is 33.6 Å². The molecule has 1 heterocycles. The zero-order valence-corrected chi connectivity index (χ0v) is 17.9. The first-order chi connectivity index (χ1) is 13.8. The van der Waals surface area contributed by atoms with Crippen LogP contribution >= 0.6 is 11.6 Å². The summed E-state index contributed by atoms with van der Waals surface area (Å²) < 4.78 is 7.26. The van der Waals surface area contributed by atoms with Crippen LogP contribution in [0.2, 0.25) is 0 Å². The molecule has 0 aliphatic rings. The van der Waals surface area contributed by atoms with Crippen LogP contribution in [0.15, 0.2) is 47.3 Å². The highest BCUT2D eigenvalue weighted by atomic mass is 35.5. The molecule has 0 aliphatic heterocycles. The first kappa shape index (κ1) is 22.6. The molecule has 2 aromatic rings. The van der Waals surface area contributed by atoms with Crippen molar-refractivity contribution in [2.24, 2.45) is 4.99 Å². The van der Waals surface area contributed by atoms with Crippen LogP contribution in [0.25, 0.3) is 0 Å². The number of carbonyl (C=O) groups excluding carboxylic acids is 1. The number of benzene rings is 1. The Kier molecular flexibility index (Phi) is 8.34. The fourth-order valence-electron chi connectivity index (χ4n) is 2.99. The van der Waals surface area contributed by atoms with Crippen LogP contribution < -0.4 is 0 Å². The number of aryl methyl sites for hydroxylation is 2. The minimum absolute atomic E-state index is 0.0265. The molecule has 1 aromatic carbocycles. The number of aromatic nitrogens is 2. The van der Waals surface area contributed by atoms with Gasteiger partial charge in [0, 0.05) is 18.7 Å². The second kappa shape index (κ2) is 10.7. The minimum atomic E-state index is -0.555. The number of halogens is 1. The van der Waals surface area contributed by atoms with E-state index in [2.05, 4.69) is 16.6 Å². The molecule has 0 saturated heterocycles. The molecule has 0 amide bonds. The lowest BCUT2D eigenvalue weighted by Crippen LogP contribution is -2.19. The van der Waals surface area contributed by atoms with Crippen LogP contribution in [0.5, 0.6) is 0 Å². The number of aliphatic imine (C=N–C) groups is 1. The van der Waals surface area contributed by atoms with Crippen molar-refractivity contribution in [1.29, 1.82) is 5.41 Å². The molecule has 0 unspecified atom stereocenters. The van der Waals surface area contributed by atoms with E-state index < -0.39 is 5.97 Å². The van der Waals surface area contributed by atoms with E-state index in [0.29, 0.717) is 13.0 Å². The van der Waals surface area contributed by atoms with Crippen LogP contribution in [0.1, 0.15) is 42.3 Å². The number of nitrogens with one attached hydrogen (secondary N) is 1. The van der Waals surface area contributed by atoms with Crippen molar-refractivity contribution in [2.45, 2.75) is 46.6 Å². The van der Waals surface area contributed by atoms with Crippen molar-refractivity contribution < 1.29 is 9.53 Å². The first-order valence-electron chi connectivity index (χ1n) is 9.49. The van der Waals surface area contributed by atoms with Crippen LogP contribution in [-0.2, 0) is 22.5 Å². The standard InChI is InChI=1S/C22H27ClN4O2/c1-15-8-7-9-19(12-15)13-20(24)22(28)29-11-6-5-10-27-14-25-21(17(27)3)16(2)26-18(4)23/h7-9,12,14,24H,4-6,10-11,13H2,1-3H3. The highest BCUT2D eigenvalue weighted by Gasteiger charge is 2.12. The molecule has 0 atom stereocenters. The molecular weight excluding hydrogens is 388 g/mol. The predicted molar refractivity (Wildman–Crippen MR) is 117 cm³/mol. The van der Waals surface area contributed by atoms with Gasteiger partial charge in [-0.15, -0.1) is 0 Å². The van der Waals surface area contributed by atoms with Gasteiger partial charge in [0.25, 0.3) is 0 Å². The van der Waals surface area contributed by atoms with E-state index in [0.717, 1.165) is 41.2 Å². The van der Waals surface area contributed by atoms with Crippen LogP contribution in [0.3, 0.4) is 0 Å². The lowest BCUT2D eigenvalue weighted by molar-refractivity contribution is -0.135. The molecule has 0 bridgehead atoms. The summed E-state index contributed by atoms with van der Waals surface area (Å²) in [5.41, 5.74) is 4.54. The lowest BCUT2D eigenvalue weighted by Gasteiger charge is -2.08. The minimum Gasteiger partial charge on any atom is -0.461 e. The summed E-state index contributed by atoms with van der Waals surface area (Å²) in [5, 5.41) is 8.15. The van der Waals surface area contributed by atoms with Gasteiger partial charge in [-0.05, 0) is 39.2 Å². The third-order valence-electron chi connectivity index (χ3n) is 4.47. The summed E-state index contributed by atoms with van der Waals surface area (Å²) in [5.74, 6) is -0.555. The number of carbonyl (C=O) groups is 1. The molecule has 154 valence electrons. The monoisotopic (exact) mass is 414 g/mol. The van der Waals surface area contributed by atoms with Gasteiger partial charge in [-0.25, -0.2) is 14.8 Å². The molecule has 29 heavy (non-hydrogen) atoms. The van der Waals surface area contributed by atoms with Gasteiger partial charge >= 0.3 is 5.97 Å². The Hall–Kier alpha value is -2.73. The predicted octanol–water partition coefficient (Wildman–Crippen LogP) is 4.60. The molecule has 7 heteroatoms. The van der Waals surface area contributed by atoms with E-state index in [9.17, 15) is 4.79 Å². The summed E-state index contributed by atoms with van der Waals surface area (Å²) in [7, 11) is 0. The van der Waals surface area contributed by atoms with E-state index in [-0.39, 0.29) is 17.3 Å². The largest absolute Gasteiger partial charge is 0.461 e. The highest BCUT2D eigenvalue weighted by Crippen LogP contribution is 2.12. The topological polar surface area (TPSA) is 80.3 Å². The quantitative estimate of drug-likeness (QED) is 0.267. The fourth-order valence-corrected chi connectivity index (χ4v) is 3.12. The van der Waals surface area contributed by atoms with Crippen LogP contribution in [0, 0.1) is 19.3 Å². The number of hydrogen-bond acceptors (Lipinski definition) is 5. The van der Waals surface area contributed by atoms with E-state index >= 15 is 0 Å². The summed E-state index contributed by atoms with van der Waals surface area (Å²) in [6.45, 7) is 10.4. The summed E-state index contributed by atoms with van der Waals surface area (Å²) in [6, 6.07) is 7.79. The maximum absolute atomic E-state index is 12.0.